The summed E-state index contributed by atoms with van der Waals surface area (Å²) >= 11 is 3.59. The van der Waals surface area contributed by atoms with E-state index in [1.807, 2.05) is 30.1 Å². The predicted molar refractivity (Wildman–Crippen MR) is 105 cm³/mol. The van der Waals surface area contributed by atoms with Crippen LogP contribution in [0.15, 0.2) is 29.1 Å². The number of piperidine rings is 1. The summed E-state index contributed by atoms with van der Waals surface area (Å²) in [6.07, 6.45) is 7.32. The van der Waals surface area contributed by atoms with Crippen LogP contribution in [0.1, 0.15) is 24.5 Å². The van der Waals surface area contributed by atoms with Gasteiger partial charge in [0.05, 0.1) is 23.5 Å². The van der Waals surface area contributed by atoms with Crippen LogP contribution in [-0.4, -0.2) is 44.8 Å². The van der Waals surface area contributed by atoms with Gasteiger partial charge in [-0.25, -0.2) is 4.98 Å². The Morgan fingerprint density at radius 3 is 2.89 bits per heavy atom. The van der Waals surface area contributed by atoms with Crippen molar-refractivity contribution >= 4 is 33.4 Å². The number of nitrogen functional groups attached to an aromatic ring is 1. The largest absolute Gasteiger partial charge is 0.468 e. The number of carbonyl (C=O) groups excluding carboxylic acids is 1. The van der Waals surface area contributed by atoms with Crippen LogP contribution >= 0.6 is 15.9 Å². The molecule has 142 valence electrons. The summed E-state index contributed by atoms with van der Waals surface area (Å²) in [6, 6.07) is 1.76. The number of nitrogens with two attached hydrogens (primary N) is 1. The maximum atomic E-state index is 11.7. The maximum Gasteiger partial charge on any atom is 0.322 e. The number of aryl methyl sites for hydroxylation is 1. The summed E-state index contributed by atoms with van der Waals surface area (Å²) in [6.45, 7) is 0.635. The van der Waals surface area contributed by atoms with Gasteiger partial charge in [-0.3, -0.25) is 4.79 Å². The first kappa shape index (κ1) is 18.0. The Morgan fingerprint density at radius 1 is 1.44 bits per heavy atom. The molecule has 4 rings (SSSR count). The van der Waals surface area contributed by atoms with E-state index in [-0.39, 0.29) is 17.9 Å². The third-order valence-corrected chi connectivity index (χ3v) is 5.89. The molecule has 1 aliphatic rings. The van der Waals surface area contributed by atoms with E-state index < -0.39 is 0 Å². The standard InChI is InChI=1S/C18H21BrN6O2/c1-24-6-5-11(9-24)12-8-22-25-16(20)14(19)15(23-17(12)25)10-3-4-13(21-7-10)18(26)27-2/h5-6,8-10,13,21H,3-4,7,20H2,1-2H3. The first-order valence-electron chi connectivity index (χ1n) is 8.75. The number of nitrogens with zero attached hydrogens (tertiary/aromatic N) is 4. The molecule has 1 aliphatic heterocycles. The molecule has 0 saturated carbocycles. The quantitative estimate of drug-likeness (QED) is 0.614. The van der Waals surface area contributed by atoms with Crippen molar-refractivity contribution in [1.29, 1.82) is 0 Å². The molecule has 0 amide bonds. The molecule has 3 aromatic heterocycles. The van der Waals surface area contributed by atoms with Crippen molar-refractivity contribution in [2.24, 2.45) is 7.05 Å². The fourth-order valence-corrected chi connectivity index (χ4v) is 4.16. The second-order valence-electron chi connectivity index (χ2n) is 6.81. The van der Waals surface area contributed by atoms with Gasteiger partial charge in [0, 0.05) is 43.0 Å². The molecular weight excluding hydrogens is 412 g/mol. The van der Waals surface area contributed by atoms with Crippen LogP contribution in [0.25, 0.3) is 16.8 Å². The molecule has 0 aromatic carbocycles. The van der Waals surface area contributed by atoms with Crippen molar-refractivity contribution in [3.8, 4) is 11.1 Å². The monoisotopic (exact) mass is 432 g/mol. The number of rotatable bonds is 3. The zero-order valence-corrected chi connectivity index (χ0v) is 16.7. The van der Waals surface area contributed by atoms with Gasteiger partial charge in [-0.15, -0.1) is 0 Å². The van der Waals surface area contributed by atoms with Gasteiger partial charge in [0.25, 0.3) is 0 Å². The van der Waals surface area contributed by atoms with Crippen molar-refractivity contribution in [1.82, 2.24) is 24.5 Å². The molecule has 4 heterocycles. The minimum atomic E-state index is -0.263. The number of fused-ring (bicyclic) bond motifs is 1. The van der Waals surface area contributed by atoms with E-state index in [1.54, 1.807) is 10.7 Å². The van der Waals surface area contributed by atoms with Gasteiger partial charge in [-0.05, 0) is 34.8 Å². The SMILES string of the molecule is COC(=O)C1CCC(c2nc3c(-c4ccn(C)c4)cnn3c(N)c2Br)CN1. The summed E-state index contributed by atoms with van der Waals surface area (Å²) in [5.41, 5.74) is 9.92. The second kappa shape index (κ2) is 6.97. The average Bonchev–Trinajstić information content (AvgIpc) is 3.30. The van der Waals surface area contributed by atoms with Crippen LogP contribution in [0.2, 0.25) is 0 Å². The highest BCUT2D eigenvalue weighted by atomic mass is 79.9. The fourth-order valence-electron chi connectivity index (χ4n) is 3.58. The number of methoxy groups -OCH3 is 1. The van der Waals surface area contributed by atoms with Gasteiger partial charge in [0.2, 0.25) is 0 Å². The highest BCUT2D eigenvalue weighted by molar-refractivity contribution is 9.10. The van der Waals surface area contributed by atoms with Crippen LogP contribution < -0.4 is 11.1 Å². The topological polar surface area (TPSA) is 99.5 Å². The lowest BCUT2D eigenvalue weighted by Gasteiger charge is -2.28. The lowest BCUT2D eigenvalue weighted by molar-refractivity contribution is -0.143. The lowest BCUT2D eigenvalue weighted by Crippen LogP contribution is -2.44. The highest BCUT2D eigenvalue weighted by Gasteiger charge is 2.30. The highest BCUT2D eigenvalue weighted by Crippen LogP contribution is 2.35. The number of halogens is 1. The third kappa shape index (κ3) is 3.10. The lowest BCUT2D eigenvalue weighted by atomic mass is 9.91. The summed E-state index contributed by atoms with van der Waals surface area (Å²) in [5.74, 6) is 0.441. The Kier molecular flexibility index (Phi) is 4.65. The Morgan fingerprint density at radius 2 is 2.26 bits per heavy atom. The number of aromatic nitrogens is 4. The van der Waals surface area contributed by atoms with Crippen LogP contribution in [0.3, 0.4) is 0 Å². The summed E-state index contributed by atoms with van der Waals surface area (Å²) in [5, 5.41) is 7.66. The molecular formula is C18H21BrN6O2. The van der Waals surface area contributed by atoms with E-state index in [9.17, 15) is 4.79 Å². The molecule has 3 aromatic rings. The molecule has 9 heteroatoms. The summed E-state index contributed by atoms with van der Waals surface area (Å²) < 4.78 is 9.22. The summed E-state index contributed by atoms with van der Waals surface area (Å²) in [4.78, 5) is 16.6. The molecule has 2 unspecified atom stereocenters. The zero-order valence-electron chi connectivity index (χ0n) is 15.1. The van der Waals surface area contributed by atoms with Gasteiger partial charge >= 0.3 is 5.97 Å². The van der Waals surface area contributed by atoms with Gasteiger partial charge in [-0.1, -0.05) is 0 Å². The normalized spacial score (nSPS) is 20.1. The van der Waals surface area contributed by atoms with Gasteiger partial charge in [0.15, 0.2) is 5.65 Å². The Labute approximate surface area is 164 Å². The predicted octanol–water partition coefficient (Wildman–Crippen LogP) is 2.09. The maximum absolute atomic E-state index is 11.7. The third-order valence-electron chi connectivity index (χ3n) is 5.08. The van der Waals surface area contributed by atoms with Crippen LogP contribution in [0, 0.1) is 0 Å². The van der Waals surface area contributed by atoms with E-state index in [0.717, 1.165) is 33.4 Å². The molecule has 0 bridgehead atoms. The average molecular weight is 433 g/mol. The van der Waals surface area contributed by atoms with E-state index >= 15 is 0 Å². The smallest absolute Gasteiger partial charge is 0.322 e. The number of esters is 1. The molecule has 8 nitrogen and oxygen atoms in total. The van der Waals surface area contributed by atoms with Crippen LogP contribution in [0.4, 0.5) is 5.82 Å². The molecule has 0 aliphatic carbocycles. The Balaban J connectivity index is 1.71. The number of hydrogen-bond acceptors (Lipinski definition) is 6. The Hall–Kier alpha value is -2.39. The number of carbonyl (C=O) groups is 1. The van der Waals surface area contributed by atoms with Gasteiger partial charge in [-0.2, -0.15) is 9.61 Å². The first-order chi connectivity index (χ1) is 13.0. The molecule has 1 saturated heterocycles. The van der Waals surface area contributed by atoms with Crippen LogP contribution in [-0.2, 0) is 16.6 Å². The number of hydrogen-bond donors (Lipinski definition) is 2. The van der Waals surface area contributed by atoms with Crippen molar-refractivity contribution in [2.45, 2.75) is 24.8 Å². The van der Waals surface area contributed by atoms with Crippen LogP contribution in [0.5, 0.6) is 0 Å². The van der Waals surface area contributed by atoms with E-state index in [0.29, 0.717) is 18.8 Å². The molecule has 0 spiro atoms. The molecule has 3 N–H and O–H groups in total. The van der Waals surface area contributed by atoms with Crippen molar-refractivity contribution in [3.05, 3.63) is 34.8 Å². The van der Waals surface area contributed by atoms with Crippen molar-refractivity contribution in [3.63, 3.8) is 0 Å². The Bertz CT molecular complexity index is 1000. The number of nitrogens with one attached hydrogen (secondary N) is 1. The van der Waals surface area contributed by atoms with Gasteiger partial charge in [0.1, 0.15) is 11.9 Å². The fraction of sp³-hybridized carbons (Fsp3) is 0.389. The zero-order chi connectivity index (χ0) is 19.1. The van der Waals surface area contributed by atoms with Gasteiger partial charge < -0.3 is 20.4 Å². The minimum Gasteiger partial charge on any atom is -0.468 e. The molecule has 2 atom stereocenters. The second-order valence-corrected chi connectivity index (χ2v) is 7.61. The minimum absolute atomic E-state index is 0.145. The number of ether oxygens (including phenoxy) is 1. The van der Waals surface area contributed by atoms with E-state index in [2.05, 4.69) is 26.3 Å². The van der Waals surface area contributed by atoms with E-state index in [4.69, 9.17) is 15.5 Å². The number of anilines is 1. The summed E-state index contributed by atoms with van der Waals surface area (Å²) in [7, 11) is 3.39. The van der Waals surface area contributed by atoms with Crippen molar-refractivity contribution in [2.75, 3.05) is 19.4 Å². The van der Waals surface area contributed by atoms with E-state index in [1.165, 1.54) is 7.11 Å². The molecule has 0 radical (unpaired) electrons. The first-order valence-corrected chi connectivity index (χ1v) is 9.55. The van der Waals surface area contributed by atoms with Crippen molar-refractivity contribution < 1.29 is 9.53 Å². The molecule has 27 heavy (non-hydrogen) atoms. The molecule has 1 fully saturated rings.